The molecule has 0 unspecified atom stereocenters. The fourth-order valence-electron chi connectivity index (χ4n) is 4.33. The first-order chi connectivity index (χ1) is 17.0. The first kappa shape index (κ1) is 22.1. The molecule has 1 aliphatic heterocycles. The summed E-state index contributed by atoms with van der Waals surface area (Å²) in [6, 6.07) is 20.3. The molecular weight excluding hydrogens is 446 g/mol. The first-order valence-electron chi connectivity index (χ1n) is 11.2. The minimum atomic E-state index is -0.531. The number of fused-ring (bicyclic) bond motifs is 2. The number of aromatic amines is 2. The normalized spacial score (nSPS) is 12.7. The summed E-state index contributed by atoms with van der Waals surface area (Å²) in [7, 11) is 0. The molecule has 9 nitrogen and oxygen atoms in total. The van der Waals surface area contributed by atoms with Crippen LogP contribution >= 0.6 is 0 Å². The second kappa shape index (κ2) is 9.30. The molecule has 0 atom stereocenters. The van der Waals surface area contributed by atoms with Gasteiger partial charge in [0.15, 0.2) is 0 Å². The Morgan fingerprint density at radius 1 is 0.857 bits per heavy atom. The Bertz CT molecular complexity index is 1540. The zero-order valence-electron chi connectivity index (χ0n) is 18.8. The van der Waals surface area contributed by atoms with Gasteiger partial charge in [0.2, 0.25) is 5.91 Å². The highest BCUT2D eigenvalue weighted by atomic mass is 16.2. The minimum absolute atomic E-state index is 0.0758. The van der Waals surface area contributed by atoms with E-state index >= 15 is 0 Å². The van der Waals surface area contributed by atoms with Crippen molar-refractivity contribution in [2.45, 2.75) is 13.0 Å². The lowest BCUT2D eigenvalue weighted by Crippen LogP contribution is -2.33. The molecule has 9 heteroatoms. The molecule has 4 N–H and O–H groups in total. The molecule has 0 spiro atoms. The maximum Gasteiger partial charge on any atom is 0.272 e. The molecule has 0 radical (unpaired) electrons. The molecule has 0 saturated carbocycles. The van der Waals surface area contributed by atoms with Crippen LogP contribution in [0.1, 0.15) is 21.5 Å². The summed E-state index contributed by atoms with van der Waals surface area (Å²) >= 11 is 0. The van der Waals surface area contributed by atoms with Gasteiger partial charge < -0.3 is 15.5 Å². The summed E-state index contributed by atoms with van der Waals surface area (Å²) < 4.78 is 0. The second-order valence-corrected chi connectivity index (χ2v) is 8.35. The number of amides is 2. The van der Waals surface area contributed by atoms with E-state index in [1.807, 2.05) is 18.2 Å². The Morgan fingerprint density at radius 2 is 1.60 bits per heavy atom. The number of carbonyl (C=O) groups is 2. The molecule has 1 aliphatic rings. The van der Waals surface area contributed by atoms with Crippen LogP contribution < -0.4 is 26.7 Å². The van der Waals surface area contributed by atoms with Crippen LogP contribution in [0.3, 0.4) is 0 Å². The highest BCUT2D eigenvalue weighted by Gasteiger charge is 2.17. The number of nitrogens with one attached hydrogen (secondary N) is 4. The van der Waals surface area contributed by atoms with Crippen molar-refractivity contribution < 1.29 is 9.59 Å². The number of H-pyrrole nitrogens is 2. The number of carbonyl (C=O) groups excluding carboxylic acids is 2. The summed E-state index contributed by atoms with van der Waals surface area (Å²) in [6.07, 6.45) is 0.977. The van der Waals surface area contributed by atoms with E-state index in [1.54, 1.807) is 18.2 Å². The van der Waals surface area contributed by atoms with Crippen molar-refractivity contribution in [1.29, 1.82) is 0 Å². The van der Waals surface area contributed by atoms with E-state index in [9.17, 15) is 19.2 Å². The van der Waals surface area contributed by atoms with Crippen molar-refractivity contribution in [3.8, 4) is 0 Å². The summed E-state index contributed by atoms with van der Waals surface area (Å²) in [5, 5.41) is 9.90. The Morgan fingerprint density at radius 3 is 2.40 bits per heavy atom. The first-order valence-corrected chi connectivity index (χ1v) is 11.2. The van der Waals surface area contributed by atoms with Gasteiger partial charge in [0, 0.05) is 24.3 Å². The van der Waals surface area contributed by atoms with E-state index in [1.165, 1.54) is 23.3 Å². The smallest absolute Gasteiger partial charge is 0.272 e. The largest absolute Gasteiger partial charge is 0.367 e. The van der Waals surface area contributed by atoms with Crippen molar-refractivity contribution in [3.05, 3.63) is 104 Å². The van der Waals surface area contributed by atoms with Gasteiger partial charge in [0.1, 0.15) is 0 Å². The van der Waals surface area contributed by atoms with E-state index in [4.69, 9.17) is 0 Å². The molecule has 2 amide bonds. The highest BCUT2D eigenvalue weighted by Crippen LogP contribution is 2.24. The predicted octanol–water partition coefficient (Wildman–Crippen LogP) is 2.15. The van der Waals surface area contributed by atoms with Crippen LogP contribution in [0, 0.1) is 0 Å². The Balaban J connectivity index is 1.21. The third kappa shape index (κ3) is 4.56. The topological polar surface area (TPSA) is 127 Å². The molecule has 3 aromatic carbocycles. The molecule has 2 heterocycles. The zero-order valence-corrected chi connectivity index (χ0v) is 18.8. The predicted molar refractivity (Wildman–Crippen MR) is 134 cm³/mol. The Labute approximate surface area is 199 Å². The molecule has 0 aliphatic carbocycles. The average molecular weight is 470 g/mol. The van der Waals surface area contributed by atoms with Gasteiger partial charge in [0.05, 0.1) is 23.0 Å². The van der Waals surface area contributed by atoms with Gasteiger partial charge >= 0.3 is 0 Å². The number of anilines is 2. The van der Waals surface area contributed by atoms with Crippen LogP contribution in [0.5, 0.6) is 0 Å². The minimum Gasteiger partial charge on any atom is -0.367 e. The second-order valence-electron chi connectivity index (χ2n) is 8.35. The van der Waals surface area contributed by atoms with Crippen LogP contribution in [0.15, 0.2) is 76.3 Å². The summed E-state index contributed by atoms with van der Waals surface area (Å²) in [6.45, 7) is 1.44. The van der Waals surface area contributed by atoms with E-state index in [0.29, 0.717) is 5.56 Å². The van der Waals surface area contributed by atoms with Crippen LogP contribution in [-0.2, 0) is 17.8 Å². The van der Waals surface area contributed by atoms with Gasteiger partial charge in [-0.3, -0.25) is 29.4 Å². The lowest BCUT2D eigenvalue weighted by molar-refractivity contribution is -0.115. The van der Waals surface area contributed by atoms with Gasteiger partial charge in [-0.1, -0.05) is 30.3 Å². The lowest BCUT2D eigenvalue weighted by atomic mass is 9.99. The number of aromatic nitrogens is 2. The molecule has 176 valence electrons. The molecule has 4 aromatic rings. The highest BCUT2D eigenvalue weighted by molar-refractivity contribution is 6.04. The number of nitrogens with zero attached hydrogens (tertiary/aromatic N) is 1. The molecule has 5 rings (SSSR count). The number of rotatable bonds is 5. The van der Waals surface area contributed by atoms with Crippen LogP contribution in [0.2, 0.25) is 0 Å². The van der Waals surface area contributed by atoms with Crippen LogP contribution in [-0.4, -0.2) is 35.1 Å². The van der Waals surface area contributed by atoms with E-state index < -0.39 is 17.0 Å². The molecule has 0 bridgehead atoms. The summed E-state index contributed by atoms with van der Waals surface area (Å²) in [4.78, 5) is 51.3. The average Bonchev–Trinajstić information content (AvgIpc) is 2.89. The lowest BCUT2D eigenvalue weighted by Gasteiger charge is -2.30. The monoisotopic (exact) mass is 469 g/mol. The standard InChI is InChI=1S/C26H23N5O4/c32-22(28-21-7-3-6-20-23(21)26(35)30-29-25(20)34)14-27-24(33)17-8-10-19(11-9-17)31-13-12-16-4-1-2-5-18(16)15-31/h1-11H,12-15H2,(H,27,33)(H,28,32)(H,29,34)(H,30,35). The number of hydrogen-bond acceptors (Lipinski definition) is 5. The van der Waals surface area contributed by atoms with Gasteiger partial charge in [-0.05, 0) is 53.9 Å². The maximum absolute atomic E-state index is 12.6. The van der Waals surface area contributed by atoms with Crippen molar-refractivity contribution in [3.63, 3.8) is 0 Å². The fourth-order valence-corrected chi connectivity index (χ4v) is 4.33. The fraction of sp³-hybridized carbons (Fsp3) is 0.154. The van der Waals surface area contributed by atoms with Crippen molar-refractivity contribution >= 4 is 34.0 Å². The zero-order chi connectivity index (χ0) is 24.4. The molecule has 1 aromatic heterocycles. The Kier molecular flexibility index (Phi) is 5.88. The van der Waals surface area contributed by atoms with Crippen molar-refractivity contribution in [1.82, 2.24) is 15.5 Å². The van der Waals surface area contributed by atoms with Crippen molar-refractivity contribution in [2.75, 3.05) is 23.3 Å². The van der Waals surface area contributed by atoms with Gasteiger partial charge in [-0.2, -0.15) is 0 Å². The van der Waals surface area contributed by atoms with Crippen LogP contribution in [0.4, 0.5) is 11.4 Å². The third-order valence-corrected chi connectivity index (χ3v) is 6.13. The number of hydrogen-bond donors (Lipinski definition) is 4. The maximum atomic E-state index is 12.6. The summed E-state index contributed by atoms with van der Waals surface area (Å²) in [5.74, 6) is -0.906. The quantitative estimate of drug-likeness (QED) is 0.356. The van der Waals surface area contributed by atoms with Crippen LogP contribution in [0.25, 0.3) is 10.8 Å². The van der Waals surface area contributed by atoms with Gasteiger partial charge in [-0.25, -0.2) is 0 Å². The van der Waals surface area contributed by atoms with E-state index in [2.05, 4.69) is 43.9 Å². The van der Waals surface area contributed by atoms with E-state index in [-0.39, 0.29) is 28.9 Å². The molecule has 35 heavy (non-hydrogen) atoms. The van der Waals surface area contributed by atoms with E-state index in [0.717, 1.165) is 25.2 Å². The molecule has 0 fully saturated rings. The molecule has 0 saturated heterocycles. The van der Waals surface area contributed by atoms with Gasteiger partial charge in [0.25, 0.3) is 17.0 Å². The third-order valence-electron chi connectivity index (χ3n) is 6.13. The number of benzene rings is 3. The Hall–Kier alpha value is -4.66. The van der Waals surface area contributed by atoms with Crippen molar-refractivity contribution in [2.24, 2.45) is 0 Å². The van der Waals surface area contributed by atoms with Gasteiger partial charge in [-0.15, -0.1) is 0 Å². The molecular formula is C26H23N5O4. The summed E-state index contributed by atoms with van der Waals surface area (Å²) in [5.41, 5.74) is 3.35. The SMILES string of the molecule is O=C(CNC(=O)c1ccc(N2CCc3ccccc3C2)cc1)Nc1cccc2c(=O)[nH][nH]c(=O)c12.